The van der Waals surface area contributed by atoms with Gasteiger partial charge in [0.2, 0.25) is 0 Å². The lowest BCUT2D eigenvalue weighted by Crippen LogP contribution is -2.15. The summed E-state index contributed by atoms with van der Waals surface area (Å²) >= 11 is 0. The predicted octanol–water partition coefficient (Wildman–Crippen LogP) is 24.3. The molecule has 3 aliphatic rings. The third kappa shape index (κ3) is 17.9. The van der Waals surface area contributed by atoms with Crippen LogP contribution in [0.4, 0.5) is 56.9 Å². The Labute approximate surface area is 624 Å². The zero-order valence-corrected chi connectivity index (χ0v) is 61.2. The van der Waals surface area contributed by atoms with E-state index in [1.165, 1.54) is 78.2 Å². The first-order chi connectivity index (χ1) is 52.0. The van der Waals surface area contributed by atoms with Crippen LogP contribution in [0.3, 0.4) is 0 Å². The highest BCUT2D eigenvalue weighted by Crippen LogP contribution is 2.45. The van der Waals surface area contributed by atoms with Crippen LogP contribution in [0.1, 0.15) is 38.2 Å². The fourth-order valence-corrected chi connectivity index (χ4v) is 13.1. The van der Waals surface area contributed by atoms with Gasteiger partial charge in [0.1, 0.15) is 11.5 Å². The number of carbonyl (C=O) groups is 1. The number of nitrogens with one attached hydrogen (secondary N) is 2. The first-order valence-electron chi connectivity index (χ1n) is 35.8. The molecule has 0 fully saturated rings. The van der Waals surface area contributed by atoms with Crippen LogP contribution < -0.4 is 39.7 Å². The zero-order chi connectivity index (χ0) is 73.4. The minimum absolute atomic E-state index is 0.0586. The van der Waals surface area contributed by atoms with Crippen LogP contribution in [0, 0.1) is 0 Å². The molecule has 1 aromatic heterocycles. The van der Waals surface area contributed by atoms with E-state index in [2.05, 4.69) is 288 Å². The highest BCUT2D eigenvalue weighted by atomic mass is 16.5. The van der Waals surface area contributed by atoms with Gasteiger partial charge in [0, 0.05) is 122 Å². The number of ketones is 1. The molecule has 0 aliphatic carbocycles. The van der Waals surface area contributed by atoms with Crippen LogP contribution in [0.15, 0.2) is 364 Å². The summed E-state index contributed by atoms with van der Waals surface area (Å²) in [6.45, 7) is 0. The van der Waals surface area contributed by atoms with Gasteiger partial charge in [-0.15, -0.1) is 0 Å². The van der Waals surface area contributed by atoms with Crippen LogP contribution >= 0.6 is 0 Å². The number of carbonyl (C=O) groups excluding carboxylic acids is 1. The van der Waals surface area contributed by atoms with Crippen molar-refractivity contribution < 1.29 is 14.3 Å². The minimum Gasteiger partial charge on any atom is -0.455 e. The maximum absolute atomic E-state index is 12.0. The highest BCUT2D eigenvalue weighted by Gasteiger charge is 2.21. The number of nitrogens with zero attached hydrogens (tertiary/aromatic N) is 5. The minimum atomic E-state index is 0.0586. The number of hydrogen-bond donors (Lipinski definition) is 2. The van der Waals surface area contributed by atoms with Crippen LogP contribution in [-0.2, 0) is 19.9 Å². The average molecular weight is 1390 g/mol. The summed E-state index contributed by atoms with van der Waals surface area (Å²) in [7, 11) is 14.3. The summed E-state index contributed by atoms with van der Waals surface area (Å²) < 4.78 is 13.8. The van der Waals surface area contributed by atoms with Gasteiger partial charge < -0.3 is 44.3 Å². The summed E-state index contributed by atoms with van der Waals surface area (Å²) in [5, 5.41) is 8.79. The number of hydrogen-bond acceptors (Lipinski definition) is 9. The molecule has 0 amide bonds. The molecular formula is C96H89N7O3. The van der Waals surface area contributed by atoms with E-state index in [0.717, 1.165) is 64.2 Å². The van der Waals surface area contributed by atoms with Gasteiger partial charge >= 0.3 is 0 Å². The Morgan fingerprint density at radius 3 is 1.22 bits per heavy atom. The number of benzene rings is 14. The molecule has 0 atom stereocenters. The second-order valence-corrected chi connectivity index (χ2v) is 25.4. The SMILES string of the molecule is CN(c1ccccc1)c1ccccc1.CN1c2ccccc2C=Cc2ccccc21.CN1c2ccccc2CCc2ccccc21.CN1c2ccccc2Oc2ccccc21.CNc1ccc(C(=O)c2ccccc2)cc1.CNc1ccccc1Oc1ccccc1.Cn1c2ccccc2c2ccccc21. The molecule has 3 aliphatic heterocycles. The van der Waals surface area contributed by atoms with Gasteiger partial charge in [-0.3, -0.25) is 4.79 Å². The third-order valence-corrected chi connectivity index (χ3v) is 18.8. The summed E-state index contributed by atoms with van der Waals surface area (Å²) in [4.78, 5) is 20.9. The number of ether oxygens (including phenoxy) is 2. The summed E-state index contributed by atoms with van der Waals surface area (Å²) in [5.41, 5.74) is 21.3. The van der Waals surface area contributed by atoms with E-state index in [-0.39, 0.29) is 5.78 Å². The van der Waals surface area contributed by atoms with E-state index >= 15 is 0 Å². The maximum atomic E-state index is 12.0. The summed E-state index contributed by atoms with van der Waals surface area (Å²) in [6, 6.07) is 122. The first kappa shape index (κ1) is 72.5. The molecule has 106 heavy (non-hydrogen) atoms. The molecule has 0 bridgehead atoms. The smallest absolute Gasteiger partial charge is 0.193 e. The lowest BCUT2D eigenvalue weighted by molar-refractivity contribution is 0.103. The fraction of sp³-hybridized carbons (Fsp3) is 0.0938. The second-order valence-electron chi connectivity index (χ2n) is 25.4. The molecule has 14 aromatic carbocycles. The molecule has 15 aromatic rings. The number of aromatic nitrogens is 1. The van der Waals surface area contributed by atoms with Crippen LogP contribution in [-0.4, -0.2) is 52.6 Å². The Morgan fingerprint density at radius 1 is 0.358 bits per heavy atom. The van der Waals surface area contributed by atoms with Gasteiger partial charge in [-0.05, 0) is 169 Å². The van der Waals surface area contributed by atoms with Crippen molar-refractivity contribution in [2.24, 2.45) is 7.05 Å². The Morgan fingerprint density at radius 2 is 0.726 bits per heavy atom. The number of para-hydroxylation sites is 15. The molecular weight excluding hydrogens is 1300 g/mol. The van der Waals surface area contributed by atoms with Gasteiger partial charge in [0.25, 0.3) is 0 Å². The Kier molecular flexibility index (Phi) is 24.6. The van der Waals surface area contributed by atoms with Crippen molar-refractivity contribution in [3.05, 3.63) is 397 Å². The van der Waals surface area contributed by atoms with Crippen molar-refractivity contribution in [2.45, 2.75) is 12.8 Å². The predicted molar refractivity (Wildman–Crippen MR) is 449 cm³/mol. The van der Waals surface area contributed by atoms with E-state index in [9.17, 15) is 4.79 Å². The standard InChI is InChI=1S/C15H15N.C15H13N.C14H13NO.C13H11NO.C13H13NO.C13H11N.C13H13N/c2*1-16-14-8-4-2-6-12(14)10-11-13-7-3-5-9-15(13)16;1-15-13-9-7-12(8-10-13)14(16)11-5-3-2-4-6-11;1-14-10-6-2-4-8-12(10)15-13-9-5-3-7-11(13)14;1-14-12-9-5-6-10-13(12)15-11-7-3-2-4-8-11;1-14-12-8-4-2-6-10(12)11-7-3-5-9-13(11)14;1-14(12-8-4-2-5-9-12)13-10-6-3-7-11-13/h2-9H,10-11H2,1H3;2-11H,1H3;2-10,15H,1H3;2-9H,1H3;2-10,14H,1H3;2-9H,1H3;2-11H,1H3. The van der Waals surface area contributed by atoms with Gasteiger partial charge in [0.15, 0.2) is 17.3 Å². The molecule has 0 saturated carbocycles. The molecule has 4 heterocycles. The quantitative estimate of drug-likeness (QED) is 0.145. The van der Waals surface area contributed by atoms with Gasteiger partial charge in [-0.1, -0.05) is 243 Å². The molecule has 18 rings (SSSR count). The van der Waals surface area contributed by atoms with E-state index in [4.69, 9.17) is 9.47 Å². The van der Waals surface area contributed by atoms with Crippen molar-refractivity contribution >= 4 is 96.6 Å². The lowest BCUT2D eigenvalue weighted by atomic mass is 10.0. The van der Waals surface area contributed by atoms with E-state index < -0.39 is 0 Å². The second kappa shape index (κ2) is 36.0. The van der Waals surface area contributed by atoms with E-state index in [1.807, 2.05) is 172 Å². The molecule has 2 N–H and O–H groups in total. The monoisotopic (exact) mass is 1390 g/mol. The van der Waals surface area contributed by atoms with Crippen LogP contribution in [0.2, 0.25) is 0 Å². The maximum Gasteiger partial charge on any atom is 0.193 e. The molecule has 0 spiro atoms. The van der Waals surface area contributed by atoms with E-state index in [0.29, 0.717) is 5.56 Å². The number of rotatable bonds is 8. The topological polar surface area (TPSA) is 77.5 Å². The summed E-state index contributed by atoms with van der Waals surface area (Å²) in [5.74, 6) is 3.58. The number of anilines is 10. The molecule has 10 heteroatoms. The van der Waals surface area contributed by atoms with Crippen molar-refractivity contribution in [2.75, 3.05) is 72.5 Å². The van der Waals surface area contributed by atoms with Gasteiger partial charge in [-0.25, -0.2) is 0 Å². The molecule has 526 valence electrons. The third-order valence-electron chi connectivity index (χ3n) is 18.8. The lowest BCUT2D eigenvalue weighted by Gasteiger charge is -2.29. The molecule has 0 unspecified atom stereocenters. The first-order valence-corrected chi connectivity index (χ1v) is 35.8. The van der Waals surface area contributed by atoms with Gasteiger partial charge in [-0.2, -0.15) is 0 Å². The Hall–Kier alpha value is -13.3. The zero-order valence-electron chi connectivity index (χ0n) is 61.2. The molecule has 0 saturated heterocycles. The summed E-state index contributed by atoms with van der Waals surface area (Å²) in [6.07, 6.45) is 6.63. The molecule has 10 nitrogen and oxygen atoms in total. The van der Waals surface area contributed by atoms with E-state index in [1.54, 1.807) is 0 Å². The van der Waals surface area contributed by atoms with Crippen molar-refractivity contribution in [1.29, 1.82) is 0 Å². The average Bonchev–Trinajstić information content (AvgIpc) is 1.45. The Bertz CT molecular complexity index is 5090. The van der Waals surface area contributed by atoms with Crippen LogP contribution in [0.25, 0.3) is 34.0 Å². The number of fused-ring (bicyclic) bond motifs is 9. The molecule has 0 radical (unpaired) electrons. The number of aryl methyl sites for hydroxylation is 3. The van der Waals surface area contributed by atoms with Crippen molar-refractivity contribution in [3.63, 3.8) is 0 Å². The highest BCUT2D eigenvalue weighted by molar-refractivity contribution is 6.09. The van der Waals surface area contributed by atoms with Crippen molar-refractivity contribution in [1.82, 2.24) is 4.57 Å². The normalized spacial score (nSPS) is 11.5. The van der Waals surface area contributed by atoms with Crippen molar-refractivity contribution in [3.8, 4) is 23.0 Å². The van der Waals surface area contributed by atoms with Gasteiger partial charge in [0.05, 0.1) is 17.1 Å². The largest absolute Gasteiger partial charge is 0.455 e. The van der Waals surface area contributed by atoms with Crippen LogP contribution in [0.5, 0.6) is 23.0 Å². The fourth-order valence-electron chi connectivity index (χ4n) is 13.1. The Balaban J connectivity index is 0.000000116.